The van der Waals surface area contributed by atoms with Crippen LogP contribution in [0.1, 0.15) is 30.7 Å². The highest BCUT2D eigenvalue weighted by atomic mass is 16.3. The van der Waals surface area contributed by atoms with E-state index in [1.54, 1.807) is 13.1 Å². The molecule has 0 amide bonds. The molecule has 3 N–H and O–H groups in total. The number of aliphatic hydroxyl groups excluding tert-OH is 1. The van der Waals surface area contributed by atoms with Crippen LogP contribution in [0.15, 0.2) is 6.20 Å². The van der Waals surface area contributed by atoms with Crippen molar-refractivity contribution in [3.05, 3.63) is 23.0 Å². The van der Waals surface area contributed by atoms with Crippen LogP contribution in [-0.4, -0.2) is 46.3 Å². The van der Waals surface area contributed by atoms with Crippen molar-refractivity contribution < 1.29 is 10.2 Å². The Bertz CT molecular complexity index is 393. The van der Waals surface area contributed by atoms with E-state index >= 15 is 0 Å². The summed E-state index contributed by atoms with van der Waals surface area (Å²) in [6, 6.07) is 0. The smallest absolute Gasteiger partial charge is 0.141 e. The van der Waals surface area contributed by atoms with Gasteiger partial charge in [0.15, 0.2) is 0 Å². The summed E-state index contributed by atoms with van der Waals surface area (Å²) in [6.45, 7) is 10.4. The molecule has 0 saturated carbocycles. The largest absolute Gasteiger partial charge is 0.506 e. The summed E-state index contributed by atoms with van der Waals surface area (Å²) in [5.41, 5.74) is 2.02. The fraction of sp³-hybridized carbons (Fsp3) is 0.643. The van der Waals surface area contributed by atoms with Gasteiger partial charge >= 0.3 is 0 Å². The van der Waals surface area contributed by atoms with E-state index in [0.29, 0.717) is 17.8 Å². The molecule has 19 heavy (non-hydrogen) atoms. The van der Waals surface area contributed by atoms with E-state index in [4.69, 9.17) is 0 Å². The van der Waals surface area contributed by atoms with E-state index in [0.717, 1.165) is 31.7 Å². The number of nitrogens with one attached hydrogen (secondary N) is 1. The first-order chi connectivity index (χ1) is 9.13. The molecule has 0 aliphatic heterocycles. The molecule has 5 nitrogen and oxygen atoms in total. The third-order valence-corrected chi connectivity index (χ3v) is 3.40. The van der Waals surface area contributed by atoms with Crippen molar-refractivity contribution in [3.8, 4) is 5.75 Å². The molecule has 0 aliphatic rings. The van der Waals surface area contributed by atoms with Crippen LogP contribution in [0.2, 0.25) is 0 Å². The van der Waals surface area contributed by atoms with Crippen LogP contribution in [-0.2, 0) is 13.2 Å². The summed E-state index contributed by atoms with van der Waals surface area (Å²) in [5, 5.41) is 22.6. The number of nitrogens with zero attached hydrogens (tertiary/aromatic N) is 2. The predicted molar refractivity (Wildman–Crippen MR) is 76.1 cm³/mol. The number of aryl methyl sites for hydroxylation is 1. The molecule has 0 atom stereocenters. The van der Waals surface area contributed by atoms with Crippen LogP contribution in [0, 0.1) is 6.92 Å². The summed E-state index contributed by atoms with van der Waals surface area (Å²) in [5.74, 6) is 0.182. The molecule has 5 heteroatoms. The summed E-state index contributed by atoms with van der Waals surface area (Å²) >= 11 is 0. The Labute approximate surface area is 115 Å². The number of aromatic nitrogens is 1. The molecule has 108 valence electrons. The third-order valence-electron chi connectivity index (χ3n) is 3.40. The van der Waals surface area contributed by atoms with Gasteiger partial charge in [-0.05, 0) is 20.0 Å². The maximum absolute atomic E-state index is 9.99. The second-order valence-electron chi connectivity index (χ2n) is 4.56. The average Bonchev–Trinajstić information content (AvgIpc) is 2.43. The molecule has 0 spiro atoms. The maximum atomic E-state index is 9.99. The van der Waals surface area contributed by atoms with Gasteiger partial charge in [0.05, 0.1) is 12.3 Å². The molecule has 1 aromatic heterocycles. The summed E-state index contributed by atoms with van der Waals surface area (Å²) in [4.78, 5) is 6.38. The predicted octanol–water partition coefficient (Wildman–Crippen LogP) is 1.02. The number of pyridine rings is 1. The zero-order chi connectivity index (χ0) is 14.3. The minimum absolute atomic E-state index is 0.103. The third kappa shape index (κ3) is 4.45. The molecule has 0 bridgehead atoms. The van der Waals surface area contributed by atoms with Gasteiger partial charge in [-0.3, -0.25) is 4.98 Å². The molecule has 0 aliphatic carbocycles. The summed E-state index contributed by atoms with van der Waals surface area (Å²) in [7, 11) is 0. The van der Waals surface area contributed by atoms with Crippen molar-refractivity contribution in [3.63, 3.8) is 0 Å². The Morgan fingerprint density at radius 1 is 1.32 bits per heavy atom. The van der Waals surface area contributed by atoms with E-state index in [-0.39, 0.29) is 12.4 Å². The van der Waals surface area contributed by atoms with Crippen molar-refractivity contribution >= 4 is 0 Å². The van der Waals surface area contributed by atoms with Crippen LogP contribution in [0.3, 0.4) is 0 Å². The van der Waals surface area contributed by atoms with Gasteiger partial charge in [-0.1, -0.05) is 13.8 Å². The van der Waals surface area contributed by atoms with Crippen LogP contribution in [0.5, 0.6) is 5.75 Å². The van der Waals surface area contributed by atoms with Gasteiger partial charge in [-0.25, -0.2) is 0 Å². The molecule has 1 aromatic rings. The van der Waals surface area contributed by atoms with Crippen LogP contribution in [0.25, 0.3) is 0 Å². The van der Waals surface area contributed by atoms with Crippen LogP contribution >= 0.6 is 0 Å². The molecule has 0 saturated heterocycles. The number of rotatable bonds is 8. The number of likely N-dealkylation sites (N-methyl/N-ethyl adjacent to an activating group) is 1. The van der Waals surface area contributed by atoms with Crippen molar-refractivity contribution in [2.45, 2.75) is 33.9 Å². The van der Waals surface area contributed by atoms with Crippen LogP contribution < -0.4 is 5.32 Å². The lowest BCUT2D eigenvalue weighted by atomic mass is 10.1. The first-order valence-electron chi connectivity index (χ1n) is 6.84. The van der Waals surface area contributed by atoms with E-state index in [2.05, 4.69) is 29.0 Å². The van der Waals surface area contributed by atoms with Crippen molar-refractivity contribution in [2.75, 3.05) is 26.2 Å². The number of hydrogen-bond donors (Lipinski definition) is 3. The Morgan fingerprint density at radius 2 is 2.00 bits per heavy atom. The molecule has 0 fully saturated rings. The lowest BCUT2D eigenvalue weighted by Gasteiger charge is -2.18. The van der Waals surface area contributed by atoms with Gasteiger partial charge in [-0.15, -0.1) is 0 Å². The fourth-order valence-corrected chi connectivity index (χ4v) is 2.01. The number of aromatic hydroxyl groups is 1. The molecule has 0 unspecified atom stereocenters. The maximum Gasteiger partial charge on any atom is 0.141 e. The average molecular weight is 267 g/mol. The topological polar surface area (TPSA) is 68.6 Å². The first-order valence-corrected chi connectivity index (χ1v) is 6.84. The Balaban J connectivity index is 2.55. The molecule has 1 heterocycles. The number of aliphatic hydroxyl groups is 1. The van der Waals surface area contributed by atoms with Crippen molar-refractivity contribution in [1.29, 1.82) is 0 Å². The monoisotopic (exact) mass is 267 g/mol. The standard InChI is InChI=1S/C14H25N3O2/c1-4-17(5-2)7-6-15-9-13-12(10-18)8-16-11(3)14(13)19/h8,15,18-19H,4-7,9-10H2,1-3H3. The van der Waals surface area contributed by atoms with Crippen molar-refractivity contribution in [1.82, 2.24) is 15.2 Å². The first kappa shape index (κ1) is 15.9. The summed E-state index contributed by atoms with van der Waals surface area (Å²) in [6.07, 6.45) is 1.62. The highest BCUT2D eigenvalue weighted by Gasteiger charge is 2.10. The van der Waals surface area contributed by atoms with Gasteiger partial charge < -0.3 is 20.4 Å². The second kappa shape index (κ2) is 8.09. The quantitative estimate of drug-likeness (QED) is 0.614. The van der Waals surface area contributed by atoms with Gasteiger partial charge in [0, 0.05) is 37.0 Å². The fourth-order valence-electron chi connectivity index (χ4n) is 2.01. The molecular formula is C14H25N3O2. The van der Waals surface area contributed by atoms with Crippen molar-refractivity contribution in [2.24, 2.45) is 0 Å². The Morgan fingerprint density at radius 3 is 2.58 bits per heavy atom. The zero-order valence-electron chi connectivity index (χ0n) is 12.1. The minimum Gasteiger partial charge on any atom is -0.506 e. The van der Waals surface area contributed by atoms with Gasteiger partial charge in [0.25, 0.3) is 0 Å². The van der Waals surface area contributed by atoms with E-state index in [9.17, 15) is 10.2 Å². The van der Waals surface area contributed by atoms with Crippen LogP contribution in [0.4, 0.5) is 0 Å². The lowest BCUT2D eigenvalue weighted by molar-refractivity contribution is 0.278. The van der Waals surface area contributed by atoms with E-state index in [1.165, 1.54) is 0 Å². The van der Waals surface area contributed by atoms with Gasteiger partial charge in [-0.2, -0.15) is 0 Å². The lowest BCUT2D eigenvalue weighted by Crippen LogP contribution is -2.31. The SMILES string of the molecule is CCN(CC)CCNCc1c(CO)cnc(C)c1O. The zero-order valence-corrected chi connectivity index (χ0v) is 12.1. The molecule has 1 rings (SSSR count). The normalized spacial score (nSPS) is 11.2. The Kier molecular flexibility index (Phi) is 6.77. The van der Waals surface area contributed by atoms with E-state index < -0.39 is 0 Å². The molecule has 0 aromatic carbocycles. The molecule has 0 radical (unpaired) electrons. The second-order valence-corrected chi connectivity index (χ2v) is 4.56. The molecular weight excluding hydrogens is 242 g/mol. The highest BCUT2D eigenvalue weighted by molar-refractivity contribution is 5.40. The van der Waals surface area contributed by atoms with Gasteiger partial charge in [0.1, 0.15) is 5.75 Å². The highest BCUT2D eigenvalue weighted by Crippen LogP contribution is 2.23. The van der Waals surface area contributed by atoms with Gasteiger partial charge in [0.2, 0.25) is 0 Å². The number of hydrogen-bond acceptors (Lipinski definition) is 5. The Hall–Kier alpha value is -1.17. The minimum atomic E-state index is -0.103. The summed E-state index contributed by atoms with van der Waals surface area (Å²) < 4.78 is 0. The van der Waals surface area contributed by atoms with E-state index in [1.807, 2.05) is 0 Å².